The van der Waals surface area contributed by atoms with Crippen molar-refractivity contribution in [1.82, 2.24) is 20.6 Å². The number of nitrogens with one attached hydrogen (secondary N) is 3. The maximum atomic E-state index is 12.9. The number of amides is 2. The third-order valence-corrected chi connectivity index (χ3v) is 4.90. The highest BCUT2D eigenvalue weighted by atomic mass is 16.7. The van der Waals surface area contributed by atoms with Crippen molar-refractivity contribution in [2.75, 3.05) is 13.3 Å². The van der Waals surface area contributed by atoms with E-state index in [4.69, 9.17) is 0 Å². The van der Waals surface area contributed by atoms with Crippen molar-refractivity contribution in [1.29, 1.82) is 0 Å². The van der Waals surface area contributed by atoms with E-state index in [2.05, 4.69) is 30.1 Å². The van der Waals surface area contributed by atoms with E-state index >= 15 is 0 Å². The van der Waals surface area contributed by atoms with E-state index in [-0.39, 0.29) is 24.4 Å². The van der Waals surface area contributed by atoms with Gasteiger partial charge in [-0.3, -0.25) is 24.0 Å². The standard InChI is InChI=1S/C25H24N4O7.2C2H6/c1-16(30)35-15-36-20(31)12-13-26-25(34)22-27-14-19(24(33)29-22)23(32)28-21(17-8-4-2-5-9-17)18-10-6-3-7-11-18;2*1-2/h2-11,14,21H,12-13,15H2,1H3,(H,26,34)(H,28,32)(H,27,29,33);2*1-2H3. The molecule has 40 heavy (non-hydrogen) atoms. The van der Waals surface area contributed by atoms with E-state index in [1.165, 1.54) is 6.92 Å². The molecule has 11 nitrogen and oxygen atoms in total. The molecule has 0 bridgehead atoms. The molecule has 3 aromatic rings. The molecular weight excluding hydrogens is 516 g/mol. The van der Waals surface area contributed by atoms with Crippen LogP contribution in [-0.4, -0.2) is 47.1 Å². The first-order chi connectivity index (χ1) is 19.3. The zero-order valence-corrected chi connectivity index (χ0v) is 23.4. The van der Waals surface area contributed by atoms with Gasteiger partial charge in [0.15, 0.2) is 5.82 Å². The van der Waals surface area contributed by atoms with E-state index in [0.29, 0.717) is 0 Å². The zero-order chi connectivity index (χ0) is 29.9. The number of hydrogen-bond donors (Lipinski definition) is 3. The maximum Gasteiger partial charge on any atom is 0.310 e. The first-order valence-electron chi connectivity index (χ1n) is 12.9. The summed E-state index contributed by atoms with van der Waals surface area (Å²) in [6, 6.07) is 18.0. The van der Waals surface area contributed by atoms with E-state index in [1.807, 2.05) is 88.4 Å². The van der Waals surface area contributed by atoms with Crippen molar-refractivity contribution in [3.8, 4) is 0 Å². The predicted molar refractivity (Wildman–Crippen MR) is 149 cm³/mol. The van der Waals surface area contributed by atoms with Gasteiger partial charge in [0.1, 0.15) is 5.56 Å². The molecule has 11 heteroatoms. The van der Waals surface area contributed by atoms with Crippen LogP contribution in [0.2, 0.25) is 0 Å². The molecule has 0 aliphatic carbocycles. The Morgan fingerprint density at radius 2 is 1.40 bits per heavy atom. The molecule has 0 atom stereocenters. The van der Waals surface area contributed by atoms with E-state index in [9.17, 15) is 24.0 Å². The monoisotopic (exact) mass is 552 g/mol. The summed E-state index contributed by atoms with van der Waals surface area (Å²) in [6.45, 7) is 8.54. The summed E-state index contributed by atoms with van der Waals surface area (Å²) >= 11 is 0. The van der Waals surface area contributed by atoms with Gasteiger partial charge in [0.05, 0.1) is 12.5 Å². The smallest absolute Gasteiger partial charge is 0.310 e. The number of aromatic nitrogens is 2. The molecule has 2 aromatic carbocycles. The lowest BCUT2D eigenvalue weighted by Crippen LogP contribution is -2.35. The Labute approximate surface area is 233 Å². The topological polar surface area (TPSA) is 157 Å². The number of carbonyl (C=O) groups excluding carboxylic acids is 4. The third kappa shape index (κ3) is 10.9. The summed E-state index contributed by atoms with van der Waals surface area (Å²) < 4.78 is 9.12. The lowest BCUT2D eigenvalue weighted by molar-refractivity contribution is -0.165. The van der Waals surface area contributed by atoms with E-state index < -0.39 is 42.1 Å². The van der Waals surface area contributed by atoms with Crippen molar-refractivity contribution >= 4 is 23.8 Å². The second-order valence-corrected chi connectivity index (χ2v) is 7.48. The summed E-state index contributed by atoms with van der Waals surface area (Å²) in [7, 11) is 0. The Hall–Kier alpha value is -4.80. The molecule has 3 rings (SSSR count). The van der Waals surface area contributed by atoms with Crippen LogP contribution in [0.1, 0.15) is 79.2 Å². The molecule has 0 radical (unpaired) electrons. The van der Waals surface area contributed by atoms with Gasteiger partial charge in [-0.1, -0.05) is 88.4 Å². The van der Waals surface area contributed by atoms with Crippen molar-refractivity contribution in [3.63, 3.8) is 0 Å². The van der Waals surface area contributed by atoms with Crippen molar-refractivity contribution in [3.05, 3.63) is 99.7 Å². The minimum Gasteiger partial charge on any atom is -0.428 e. The molecule has 1 aromatic heterocycles. The summed E-state index contributed by atoms with van der Waals surface area (Å²) in [4.78, 5) is 66.0. The fraction of sp³-hybridized carbons (Fsp3) is 0.310. The fourth-order valence-corrected chi connectivity index (χ4v) is 3.14. The number of carbonyl (C=O) groups is 4. The minimum atomic E-state index is -0.798. The van der Waals surface area contributed by atoms with E-state index in [1.54, 1.807) is 0 Å². The van der Waals surface area contributed by atoms with E-state index in [0.717, 1.165) is 17.3 Å². The SMILES string of the molecule is CC.CC.CC(=O)OCOC(=O)CCNC(=O)c1ncc(C(=O)NC(c2ccccc2)c2ccccc2)c(=O)[nH]1. The van der Waals surface area contributed by atoms with Crippen LogP contribution in [-0.2, 0) is 19.1 Å². The Balaban J connectivity index is 0.00000191. The average Bonchev–Trinajstić information content (AvgIpc) is 2.98. The molecule has 3 N–H and O–H groups in total. The van der Waals surface area contributed by atoms with Crippen LogP contribution >= 0.6 is 0 Å². The Kier molecular flexibility index (Phi) is 15.3. The van der Waals surface area contributed by atoms with Crippen LogP contribution in [0.3, 0.4) is 0 Å². The van der Waals surface area contributed by atoms with Gasteiger partial charge >= 0.3 is 11.9 Å². The normalized spacial score (nSPS) is 9.65. The van der Waals surface area contributed by atoms with Gasteiger partial charge in [-0.05, 0) is 11.1 Å². The lowest BCUT2D eigenvalue weighted by Gasteiger charge is -2.19. The van der Waals surface area contributed by atoms with Crippen LogP contribution in [0.5, 0.6) is 0 Å². The highest BCUT2D eigenvalue weighted by molar-refractivity contribution is 5.95. The summed E-state index contributed by atoms with van der Waals surface area (Å²) in [5.41, 5.74) is 0.582. The largest absolute Gasteiger partial charge is 0.428 e. The second kappa shape index (κ2) is 18.5. The molecule has 0 aliphatic heterocycles. The number of aromatic amines is 1. The maximum absolute atomic E-state index is 12.9. The van der Waals surface area contributed by atoms with Crippen LogP contribution < -0.4 is 16.2 Å². The molecule has 0 unspecified atom stereocenters. The van der Waals surface area contributed by atoms with Gasteiger partial charge in [0, 0.05) is 19.7 Å². The first kappa shape index (κ1) is 33.2. The van der Waals surface area contributed by atoms with Crippen molar-refractivity contribution < 1.29 is 28.7 Å². The van der Waals surface area contributed by atoms with Crippen molar-refractivity contribution in [2.24, 2.45) is 0 Å². The summed E-state index contributed by atoms with van der Waals surface area (Å²) in [5.74, 6) is -3.04. The number of benzene rings is 2. The quantitative estimate of drug-likeness (QED) is 0.255. The van der Waals surface area contributed by atoms with Gasteiger partial charge in [0.2, 0.25) is 6.79 Å². The van der Waals surface area contributed by atoms with Crippen LogP contribution in [0.25, 0.3) is 0 Å². The highest BCUT2D eigenvalue weighted by Crippen LogP contribution is 2.22. The number of ether oxygens (including phenoxy) is 2. The van der Waals surface area contributed by atoms with Crippen molar-refractivity contribution in [2.45, 2.75) is 47.1 Å². The number of rotatable bonds is 10. The highest BCUT2D eigenvalue weighted by Gasteiger charge is 2.21. The fourth-order valence-electron chi connectivity index (χ4n) is 3.14. The second-order valence-electron chi connectivity index (χ2n) is 7.48. The summed E-state index contributed by atoms with van der Waals surface area (Å²) in [5, 5.41) is 5.24. The summed E-state index contributed by atoms with van der Waals surface area (Å²) in [6.07, 6.45) is 0.821. The molecule has 1 heterocycles. The lowest BCUT2D eigenvalue weighted by atomic mass is 9.98. The number of nitrogens with zero attached hydrogens (tertiary/aromatic N) is 1. The van der Waals surface area contributed by atoms with Crippen LogP contribution in [0, 0.1) is 0 Å². The van der Waals surface area contributed by atoms with Gasteiger partial charge < -0.3 is 25.1 Å². The van der Waals surface area contributed by atoms with Crippen LogP contribution in [0.4, 0.5) is 0 Å². The van der Waals surface area contributed by atoms with Gasteiger partial charge in [-0.2, -0.15) is 0 Å². The Morgan fingerprint density at radius 1 is 0.850 bits per heavy atom. The van der Waals surface area contributed by atoms with Gasteiger partial charge in [-0.15, -0.1) is 0 Å². The number of esters is 2. The molecule has 2 amide bonds. The predicted octanol–water partition coefficient (Wildman–Crippen LogP) is 3.53. The molecule has 214 valence electrons. The third-order valence-electron chi connectivity index (χ3n) is 4.90. The number of hydrogen-bond acceptors (Lipinski definition) is 8. The Bertz CT molecular complexity index is 1240. The van der Waals surface area contributed by atoms with Gasteiger partial charge in [-0.25, -0.2) is 4.98 Å². The van der Waals surface area contributed by atoms with Crippen LogP contribution in [0.15, 0.2) is 71.7 Å². The molecule has 0 fully saturated rings. The molecule has 0 spiro atoms. The molecule has 0 aliphatic rings. The first-order valence-corrected chi connectivity index (χ1v) is 12.9. The molecule has 0 saturated heterocycles. The van der Waals surface area contributed by atoms with Gasteiger partial charge in [0.25, 0.3) is 17.4 Å². The minimum absolute atomic E-state index is 0.112. The Morgan fingerprint density at radius 3 is 1.90 bits per heavy atom. The zero-order valence-electron chi connectivity index (χ0n) is 23.4. The molecular formula is C29H36N4O7. The average molecular weight is 553 g/mol. The number of H-pyrrole nitrogens is 1. The molecule has 0 saturated carbocycles.